The molecule has 0 radical (unpaired) electrons. The topological polar surface area (TPSA) is 153 Å². The van der Waals surface area contributed by atoms with E-state index in [9.17, 15) is 19.9 Å². The Labute approximate surface area is 157 Å². The van der Waals surface area contributed by atoms with E-state index in [0.717, 1.165) is 0 Å². The van der Waals surface area contributed by atoms with E-state index < -0.39 is 28.1 Å². The number of nitroso groups, excluding NO2 is 2. The molecule has 0 aromatic carbocycles. The average Bonchev–Trinajstić information content (AvgIpc) is 3.06. The fourth-order valence-corrected chi connectivity index (χ4v) is 2.20. The van der Waals surface area contributed by atoms with Crippen LogP contribution in [0.1, 0.15) is 34.6 Å². The van der Waals surface area contributed by atoms with Crippen LogP contribution in [0.2, 0.25) is 0 Å². The Morgan fingerprint density at radius 3 is 2.52 bits per heavy atom. The normalized spacial score (nSPS) is 14.6. The molecule has 2 unspecified atom stereocenters. The first-order valence-corrected chi connectivity index (χ1v) is 8.49. The summed E-state index contributed by atoms with van der Waals surface area (Å²) in [5, 5.41) is 20.2. The molecule has 12 nitrogen and oxygen atoms in total. The second-order valence-electron chi connectivity index (χ2n) is 7.36. The zero-order valence-electron chi connectivity index (χ0n) is 16.2. The van der Waals surface area contributed by atoms with Gasteiger partial charge < -0.3 is 15.4 Å². The Morgan fingerprint density at radius 2 is 1.96 bits per heavy atom. The molecule has 1 aromatic rings. The molecule has 0 saturated carbocycles. The van der Waals surface area contributed by atoms with Crippen LogP contribution in [0, 0.1) is 19.9 Å². The van der Waals surface area contributed by atoms with Gasteiger partial charge in [-0.15, -0.1) is 0 Å². The molecule has 12 heteroatoms. The van der Waals surface area contributed by atoms with Crippen molar-refractivity contribution in [1.29, 1.82) is 0 Å². The van der Waals surface area contributed by atoms with Gasteiger partial charge in [-0.3, -0.25) is 4.84 Å². The predicted octanol–water partition coefficient (Wildman–Crippen LogP) is 1.75. The van der Waals surface area contributed by atoms with Gasteiger partial charge >= 0.3 is 5.95 Å². The molecule has 0 spiro atoms. The molecule has 2 atom stereocenters. The minimum absolute atomic E-state index is 0.0169. The van der Waals surface area contributed by atoms with Gasteiger partial charge in [-0.1, -0.05) is 15.3 Å². The van der Waals surface area contributed by atoms with Crippen molar-refractivity contribution >= 4 is 5.95 Å². The van der Waals surface area contributed by atoms with Crippen LogP contribution in [0.5, 0.6) is 0 Å². The summed E-state index contributed by atoms with van der Waals surface area (Å²) in [5.41, 5.74) is 1.42. The molecular weight excluding hydrogens is 358 g/mol. The molecule has 2 N–H and O–H groups in total. The molecule has 0 aliphatic carbocycles. The second-order valence-corrected chi connectivity index (χ2v) is 7.36. The zero-order valence-corrected chi connectivity index (χ0v) is 16.2. The smallest absolute Gasteiger partial charge is 0.390 e. The minimum Gasteiger partial charge on any atom is -0.390 e. The van der Waals surface area contributed by atoms with Crippen LogP contribution >= 0.6 is 0 Å². The van der Waals surface area contributed by atoms with Crippen molar-refractivity contribution in [3.05, 3.63) is 32.3 Å². The van der Waals surface area contributed by atoms with Gasteiger partial charge in [0.1, 0.15) is 24.5 Å². The molecule has 1 rings (SSSR count). The Bertz CT molecular complexity index is 646. The number of hydroxylamine groups is 1. The maximum Gasteiger partial charge on any atom is 0.434 e. The summed E-state index contributed by atoms with van der Waals surface area (Å²) in [7, 11) is 0. The van der Waals surface area contributed by atoms with Gasteiger partial charge in [0.25, 0.3) is 0 Å². The molecule has 1 heterocycles. The lowest BCUT2D eigenvalue weighted by Crippen LogP contribution is -2.52. The molecule has 0 aliphatic rings. The van der Waals surface area contributed by atoms with Crippen LogP contribution in [0.25, 0.3) is 0 Å². The maximum absolute atomic E-state index is 11.3. The summed E-state index contributed by atoms with van der Waals surface area (Å²) >= 11 is 0. The third kappa shape index (κ3) is 6.41. The summed E-state index contributed by atoms with van der Waals surface area (Å²) in [6.45, 7) is 9.54. The van der Waals surface area contributed by atoms with Crippen molar-refractivity contribution in [3.8, 4) is 0 Å². The molecule has 0 bridgehead atoms. The van der Waals surface area contributed by atoms with Crippen molar-refractivity contribution in [3.63, 3.8) is 0 Å². The monoisotopic (exact) mass is 385 g/mol. The summed E-state index contributed by atoms with van der Waals surface area (Å²) in [4.78, 5) is 41.3. The van der Waals surface area contributed by atoms with Gasteiger partial charge in [0, 0.05) is 12.1 Å². The van der Waals surface area contributed by atoms with Crippen molar-refractivity contribution in [2.75, 3.05) is 13.2 Å². The molecular formula is C15H27N7O5. The third-order valence-corrected chi connectivity index (χ3v) is 4.51. The number of nitrogens with one attached hydrogen (secondary N) is 2. The minimum atomic E-state index is -0.882. The fraction of sp³-hybridized carbons (Fsp3) is 0.800. The van der Waals surface area contributed by atoms with Gasteiger partial charge in [-0.05, 0) is 39.5 Å². The quantitative estimate of drug-likeness (QED) is 0.225. The third-order valence-electron chi connectivity index (χ3n) is 4.51. The van der Waals surface area contributed by atoms with E-state index in [-0.39, 0.29) is 19.1 Å². The lowest BCUT2D eigenvalue weighted by Gasteiger charge is -2.31. The predicted molar refractivity (Wildman–Crippen MR) is 99.0 cm³/mol. The highest BCUT2D eigenvalue weighted by Crippen LogP contribution is 2.18. The first-order valence-electron chi connectivity index (χ1n) is 8.49. The van der Waals surface area contributed by atoms with Gasteiger partial charge in [0.05, 0.1) is 18.7 Å². The number of nitro groups is 1. The van der Waals surface area contributed by atoms with Crippen molar-refractivity contribution in [2.24, 2.45) is 10.4 Å². The number of rotatable bonds is 13. The van der Waals surface area contributed by atoms with Gasteiger partial charge in [0.2, 0.25) is 0 Å². The number of aromatic nitrogens is 2. The van der Waals surface area contributed by atoms with E-state index in [1.807, 2.05) is 13.8 Å². The summed E-state index contributed by atoms with van der Waals surface area (Å²) in [6, 6.07) is -1.24. The van der Waals surface area contributed by atoms with Crippen LogP contribution in [0.15, 0.2) is 22.7 Å². The zero-order chi connectivity index (χ0) is 20.7. The van der Waals surface area contributed by atoms with Crippen LogP contribution < -0.4 is 10.8 Å². The second kappa shape index (κ2) is 9.58. The van der Waals surface area contributed by atoms with E-state index in [4.69, 9.17) is 4.84 Å². The Kier molecular flexibility index (Phi) is 8.06. The van der Waals surface area contributed by atoms with Gasteiger partial charge in [0.15, 0.2) is 0 Å². The SMILES string of the molecule is CC(N=O)C(C)(C)NCCONC(C)(C)C(Cn1ccnc1[N+](=O)[O-])N=O. The van der Waals surface area contributed by atoms with Gasteiger partial charge in [-0.25, -0.2) is 4.57 Å². The number of hydrogen-bond acceptors (Lipinski definition) is 10. The summed E-state index contributed by atoms with van der Waals surface area (Å²) < 4.78 is 1.26. The van der Waals surface area contributed by atoms with Crippen LogP contribution in [0.3, 0.4) is 0 Å². The number of nitrogens with zero attached hydrogens (tertiary/aromatic N) is 5. The highest BCUT2D eigenvalue weighted by molar-refractivity contribution is 5.08. The van der Waals surface area contributed by atoms with E-state index in [1.54, 1.807) is 20.8 Å². The van der Waals surface area contributed by atoms with E-state index in [1.165, 1.54) is 17.0 Å². The van der Waals surface area contributed by atoms with Crippen molar-refractivity contribution in [1.82, 2.24) is 20.3 Å². The fourth-order valence-electron chi connectivity index (χ4n) is 2.20. The lowest BCUT2D eigenvalue weighted by atomic mass is 9.96. The Balaban J connectivity index is 2.55. The standard InChI is InChI=1S/C15H27N7O5/c1-11(18-23)14(2,3)17-7-9-27-20-15(4,5)12(19-24)10-21-8-6-16-13(21)22(25)26/h6,8,11-12,17,20H,7,9-10H2,1-5H3. The maximum atomic E-state index is 11.3. The number of imidazole rings is 1. The molecule has 152 valence electrons. The first kappa shape index (κ1) is 22.7. The first-order chi connectivity index (χ1) is 12.5. The van der Waals surface area contributed by atoms with Crippen molar-refractivity contribution < 1.29 is 9.76 Å². The molecule has 0 saturated heterocycles. The molecule has 0 aliphatic heterocycles. The van der Waals surface area contributed by atoms with E-state index >= 15 is 0 Å². The molecule has 0 amide bonds. The molecule has 1 aromatic heterocycles. The highest BCUT2D eigenvalue weighted by atomic mass is 16.6. The van der Waals surface area contributed by atoms with E-state index in [0.29, 0.717) is 6.54 Å². The van der Waals surface area contributed by atoms with Crippen LogP contribution in [0.4, 0.5) is 5.95 Å². The van der Waals surface area contributed by atoms with Gasteiger partial charge in [-0.2, -0.15) is 15.3 Å². The Morgan fingerprint density at radius 1 is 1.30 bits per heavy atom. The largest absolute Gasteiger partial charge is 0.434 e. The van der Waals surface area contributed by atoms with Crippen molar-refractivity contribution in [2.45, 2.75) is 64.3 Å². The van der Waals surface area contributed by atoms with Crippen LogP contribution in [-0.2, 0) is 11.4 Å². The number of hydrogen-bond donors (Lipinski definition) is 2. The highest BCUT2D eigenvalue weighted by Gasteiger charge is 2.34. The summed E-state index contributed by atoms with van der Waals surface area (Å²) in [5.74, 6) is -0.357. The van der Waals surface area contributed by atoms with E-state index in [2.05, 4.69) is 26.1 Å². The molecule has 0 fully saturated rings. The van der Waals surface area contributed by atoms with Crippen LogP contribution in [-0.4, -0.2) is 50.8 Å². The summed E-state index contributed by atoms with van der Waals surface area (Å²) in [6.07, 6.45) is 2.71. The molecule has 27 heavy (non-hydrogen) atoms. The lowest BCUT2D eigenvalue weighted by molar-refractivity contribution is -0.396. The Hall–Kier alpha value is -2.31. The average molecular weight is 385 g/mol.